The summed E-state index contributed by atoms with van der Waals surface area (Å²) in [6, 6.07) is 3.38. The van der Waals surface area contributed by atoms with E-state index in [1.165, 1.54) is 12.4 Å². The van der Waals surface area contributed by atoms with Gasteiger partial charge >= 0.3 is 29.6 Å². The van der Waals surface area contributed by atoms with Crippen LogP contribution in [0.1, 0.15) is 0 Å². The van der Waals surface area contributed by atoms with Crippen LogP contribution in [-0.4, -0.2) is 4.73 Å². The molecule has 0 N–H and O–H groups in total. The van der Waals surface area contributed by atoms with Crippen LogP contribution in [0.2, 0.25) is 0 Å². The molecular formula is C4H4NNaO. The predicted molar refractivity (Wildman–Crippen MR) is 23.2 cm³/mol. The molecule has 0 radical (unpaired) electrons. The Morgan fingerprint density at radius 3 is 1.71 bits per heavy atom. The maximum absolute atomic E-state index is 9.99. The monoisotopic (exact) mass is 105 g/mol. The fourth-order valence-electron chi connectivity index (χ4n) is 0.319. The first-order chi connectivity index (χ1) is 2.89. The first kappa shape index (κ1) is 7.08. The summed E-state index contributed by atoms with van der Waals surface area (Å²) in [5.41, 5.74) is 0. The van der Waals surface area contributed by atoms with Gasteiger partial charge in [0.25, 0.3) is 0 Å². The quantitative estimate of drug-likeness (QED) is 0.345. The Morgan fingerprint density at radius 2 is 1.57 bits per heavy atom. The zero-order valence-corrected chi connectivity index (χ0v) is 6.16. The molecule has 1 aromatic heterocycles. The number of hydrogen-bond donors (Lipinski definition) is 0. The van der Waals surface area contributed by atoms with Crippen molar-refractivity contribution < 1.29 is 29.6 Å². The van der Waals surface area contributed by atoms with E-state index in [1.807, 2.05) is 0 Å². The van der Waals surface area contributed by atoms with Gasteiger partial charge in [-0.15, -0.1) is 0 Å². The van der Waals surface area contributed by atoms with Crippen molar-refractivity contribution in [3.05, 3.63) is 29.7 Å². The molecule has 0 aromatic carbocycles. The van der Waals surface area contributed by atoms with Crippen LogP contribution in [0.3, 0.4) is 0 Å². The van der Waals surface area contributed by atoms with Crippen molar-refractivity contribution in [2.24, 2.45) is 0 Å². The standard InChI is InChI=1S/C4H4NO.Na/c6-5-3-1-2-4-5;/h1-4H;/q-1;+1. The minimum atomic E-state index is 0. The Hall–Kier alpha value is 0.0800. The third-order valence-electron chi connectivity index (χ3n) is 0.577. The Labute approximate surface area is 64.0 Å². The molecular weight excluding hydrogens is 101 g/mol. The smallest absolute Gasteiger partial charge is 0.806 e. The normalized spacial score (nSPS) is 7.43. The molecule has 0 saturated heterocycles. The summed E-state index contributed by atoms with van der Waals surface area (Å²) in [7, 11) is 0. The average Bonchev–Trinajstić information content (AvgIpc) is 1.86. The SMILES string of the molecule is [Na+].[O-]n1cccc1. The molecule has 0 saturated carbocycles. The van der Waals surface area contributed by atoms with Crippen LogP contribution in [-0.2, 0) is 0 Å². The van der Waals surface area contributed by atoms with Crippen molar-refractivity contribution in [1.29, 1.82) is 0 Å². The number of nitrogens with zero attached hydrogens (tertiary/aromatic N) is 1. The summed E-state index contributed by atoms with van der Waals surface area (Å²) in [6.45, 7) is 0. The van der Waals surface area contributed by atoms with Crippen molar-refractivity contribution in [3.63, 3.8) is 0 Å². The molecule has 0 fully saturated rings. The summed E-state index contributed by atoms with van der Waals surface area (Å²) in [4.78, 5) is 0. The molecule has 1 aromatic rings. The second-order valence-corrected chi connectivity index (χ2v) is 1.04. The van der Waals surface area contributed by atoms with Crippen molar-refractivity contribution in [1.82, 2.24) is 4.73 Å². The second kappa shape index (κ2) is 3.13. The molecule has 0 aliphatic heterocycles. The third-order valence-corrected chi connectivity index (χ3v) is 0.577. The fraction of sp³-hybridized carbons (Fsp3) is 0. The zero-order valence-electron chi connectivity index (χ0n) is 4.16. The first-order valence-electron chi connectivity index (χ1n) is 1.70. The topological polar surface area (TPSA) is 28.0 Å². The molecule has 32 valence electrons. The molecule has 1 rings (SSSR count). The molecule has 0 amide bonds. The van der Waals surface area contributed by atoms with Crippen LogP contribution in [0, 0.1) is 5.21 Å². The molecule has 0 unspecified atom stereocenters. The molecule has 0 aliphatic carbocycles. The van der Waals surface area contributed by atoms with E-state index in [0.717, 1.165) is 4.73 Å². The summed E-state index contributed by atoms with van der Waals surface area (Å²) in [6.07, 6.45) is 2.89. The van der Waals surface area contributed by atoms with E-state index in [9.17, 15) is 5.21 Å². The molecule has 0 bridgehead atoms. The summed E-state index contributed by atoms with van der Waals surface area (Å²) in [5, 5.41) is 9.99. The van der Waals surface area contributed by atoms with Gasteiger partial charge in [0, 0.05) is 0 Å². The van der Waals surface area contributed by atoms with E-state index in [1.54, 1.807) is 12.1 Å². The number of aromatic nitrogens is 1. The Morgan fingerprint density at radius 1 is 1.14 bits per heavy atom. The van der Waals surface area contributed by atoms with Crippen LogP contribution < -0.4 is 29.6 Å². The predicted octanol–water partition coefficient (Wildman–Crippen LogP) is -2.16. The van der Waals surface area contributed by atoms with Gasteiger partial charge in [0.15, 0.2) is 0 Å². The van der Waals surface area contributed by atoms with E-state index >= 15 is 0 Å². The van der Waals surface area contributed by atoms with E-state index in [-0.39, 0.29) is 29.6 Å². The molecule has 0 atom stereocenters. The number of rotatable bonds is 0. The summed E-state index contributed by atoms with van der Waals surface area (Å²) < 4.78 is 0.750. The number of hydrogen-bond acceptors (Lipinski definition) is 1. The zero-order chi connectivity index (χ0) is 4.41. The van der Waals surface area contributed by atoms with Crippen LogP contribution in [0.15, 0.2) is 24.5 Å². The molecule has 0 aliphatic rings. The minimum Gasteiger partial charge on any atom is -0.806 e. The largest absolute Gasteiger partial charge is 1.00 e. The van der Waals surface area contributed by atoms with Crippen LogP contribution in [0.25, 0.3) is 0 Å². The summed E-state index contributed by atoms with van der Waals surface area (Å²) >= 11 is 0. The van der Waals surface area contributed by atoms with Crippen LogP contribution in [0.4, 0.5) is 0 Å². The van der Waals surface area contributed by atoms with Gasteiger partial charge in [-0.25, -0.2) is 0 Å². The van der Waals surface area contributed by atoms with Gasteiger partial charge in [0.05, 0.1) is 0 Å². The van der Waals surface area contributed by atoms with Crippen molar-refractivity contribution in [2.75, 3.05) is 0 Å². The van der Waals surface area contributed by atoms with Crippen molar-refractivity contribution in [3.8, 4) is 0 Å². The molecule has 2 nitrogen and oxygen atoms in total. The fourth-order valence-corrected chi connectivity index (χ4v) is 0.319. The van der Waals surface area contributed by atoms with Gasteiger partial charge in [-0.1, -0.05) is 0 Å². The van der Waals surface area contributed by atoms with Gasteiger partial charge in [-0.3, -0.25) is 0 Å². The molecule has 1 heterocycles. The van der Waals surface area contributed by atoms with Crippen molar-refractivity contribution in [2.45, 2.75) is 0 Å². The van der Waals surface area contributed by atoms with E-state index in [0.29, 0.717) is 0 Å². The second-order valence-electron chi connectivity index (χ2n) is 1.04. The van der Waals surface area contributed by atoms with Gasteiger partial charge in [-0.05, 0) is 24.5 Å². The van der Waals surface area contributed by atoms with Crippen LogP contribution >= 0.6 is 0 Å². The van der Waals surface area contributed by atoms with Gasteiger partial charge < -0.3 is 9.94 Å². The average molecular weight is 105 g/mol. The van der Waals surface area contributed by atoms with E-state index in [4.69, 9.17) is 0 Å². The maximum Gasteiger partial charge on any atom is 1.00 e. The Balaban J connectivity index is 0.000000360. The maximum atomic E-state index is 9.99. The van der Waals surface area contributed by atoms with Gasteiger partial charge in [0.1, 0.15) is 0 Å². The Bertz CT molecular complexity index is 115. The molecule has 7 heavy (non-hydrogen) atoms. The van der Waals surface area contributed by atoms with Gasteiger partial charge in [-0.2, -0.15) is 0 Å². The first-order valence-corrected chi connectivity index (χ1v) is 1.70. The van der Waals surface area contributed by atoms with Gasteiger partial charge in [0.2, 0.25) is 0 Å². The third kappa shape index (κ3) is 2.02. The summed E-state index contributed by atoms with van der Waals surface area (Å²) in [5.74, 6) is 0. The molecule has 0 spiro atoms. The van der Waals surface area contributed by atoms with E-state index in [2.05, 4.69) is 0 Å². The molecule has 3 heteroatoms. The van der Waals surface area contributed by atoms with Crippen LogP contribution in [0.5, 0.6) is 0 Å². The van der Waals surface area contributed by atoms with E-state index < -0.39 is 0 Å². The van der Waals surface area contributed by atoms with Crippen molar-refractivity contribution >= 4 is 0 Å². The minimum absolute atomic E-state index is 0. The Kier molecular flexibility index (Phi) is 3.17.